The van der Waals surface area contributed by atoms with E-state index in [1.165, 1.54) is 36.4 Å². The van der Waals surface area contributed by atoms with Gasteiger partial charge in [0.1, 0.15) is 17.5 Å². The molecule has 5 nitrogen and oxygen atoms in total. The molecule has 1 N–H and O–H groups in total. The summed E-state index contributed by atoms with van der Waals surface area (Å²) < 4.78 is 30.4. The zero-order valence-corrected chi connectivity index (χ0v) is 16.3. The minimum atomic E-state index is -0.543. The van der Waals surface area contributed by atoms with Crippen LogP contribution in [0.3, 0.4) is 0 Å². The van der Waals surface area contributed by atoms with Gasteiger partial charge in [0.25, 0.3) is 0 Å². The Hall–Kier alpha value is -2.80. The molecule has 4 rings (SSSR count). The normalized spacial score (nSPS) is 13.6. The number of carbonyl (C=O) groups is 1. The highest BCUT2D eigenvalue weighted by atomic mass is 35.5. The quantitative estimate of drug-likeness (QED) is 0.665. The standard InChI is InChI=1S/C21H19ClF2N4O/c22-16-5-4-6-17(23)14(16)12-20(29)25-13-8-9-18(24)15(11-13)21-27-26-19-7-2-1-3-10-28(19)21/h4-6,8-9,11H,1-3,7,10,12H2,(H,25,29). The molecule has 0 saturated heterocycles. The summed E-state index contributed by atoms with van der Waals surface area (Å²) in [6.45, 7) is 0.736. The van der Waals surface area contributed by atoms with Gasteiger partial charge < -0.3 is 9.88 Å². The highest BCUT2D eigenvalue weighted by molar-refractivity contribution is 6.31. The Balaban J connectivity index is 1.58. The fourth-order valence-electron chi connectivity index (χ4n) is 3.53. The molecule has 0 spiro atoms. The minimum absolute atomic E-state index is 0.122. The summed E-state index contributed by atoms with van der Waals surface area (Å²) >= 11 is 5.98. The number of nitrogens with one attached hydrogen (secondary N) is 1. The van der Waals surface area contributed by atoms with Crippen LogP contribution in [0.15, 0.2) is 36.4 Å². The van der Waals surface area contributed by atoms with Gasteiger partial charge in [-0.3, -0.25) is 4.79 Å². The van der Waals surface area contributed by atoms with E-state index in [1.54, 1.807) is 0 Å². The molecule has 1 amide bonds. The topological polar surface area (TPSA) is 59.8 Å². The Labute approximate surface area is 171 Å². The molecule has 2 aromatic carbocycles. The number of anilines is 1. The van der Waals surface area contributed by atoms with E-state index >= 15 is 0 Å². The monoisotopic (exact) mass is 416 g/mol. The Morgan fingerprint density at radius 1 is 1.10 bits per heavy atom. The summed E-state index contributed by atoms with van der Waals surface area (Å²) in [5.41, 5.74) is 0.786. The smallest absolute Gasteiger partial charge is 0.228 e. The molecule has 0 fully saturated rings. The van der Waals surface area contributed by atoms with Crippen LogP contribution in [0, 0.1) is 11.6 Å². The molecule has 0 unspecified atom stereocenters. The second-order valence-electron chi connectivity index (χ2n) is 7.02. The van der Waals surface area contributed by atoms with E-state index in [1.807, 2.05) is 4.57 Å². The summed E-state index contributed by atoms with van der Waals surface area (Å²) in [6, 6.07) is 8.52. The maximum Gasteiger partial charge on any atom is 0.228 e. The van der Waals surface area contributed by atoms with Crippen molar-refractivity contribution in [3.05, 3.63) is 64.4 Å². The molecule has 0 aliphatic carbocycles. The molecule has 29 heavy (non-hydrogen) atoms. The van der Waals surface area contributed by atoms with Crippen LogP contribution in [0.5, 0.6) is 0 Å². The van der Waals surface area contributed by atoms with Crippen LogP contribution in [0.2, 0.25) is 5.02 Å². The number of fused-ring (bicyclic) bond motifs is 1. The number of aryl methyl sites for hydroxylation is 1. The van der Waals surface area contributed by atoms with Crippen molar-refractivity contribution in [3.8, 4) is 11.4 Å². The molecule has 0 radical (unpaired) electrons. The lowest BCUT2D eigenvalue weighted by atomic mass is 10.1. The molecule has 0 atom stereocenters. The first-order chi connectivity index (χ1) is 14.0. The number of benzene rings is 2. The van der Waals surface area contributed by atoms with Crippen LogP contribution in [0.1, 0.15) is 30.7 Å². The summed E-state index contributed by atoms with van der Waals surface area (Å²) in [4.78, 5) is 12.4. The van der Waals surface area contributed by atoms with Gasteiger partial charge in [0.2, 0.25) is 5.91 Å². The lowest BCUT2D eigenvalue weighted by Gasteiger charge is -2.11. The average molecular weight is 417 g/mol. The first-order valence-electron chi connectivity index (χ1n) is 9.47. The molecule has 3 aromatic rings. The van der Waals surface area contributed by atoms with Gasteiger partial charge in [-0.15, -0.1) is 10.2 Å². The van der Waals surface area contributed by atoms with E-state index in [4.69, 9.17) is 11.6 Å². The average Bonchev–Trinajstić information content (AvgIpc) is 2.94. The molecule has 2 heterocycles. The van der Waals surface area contributed by atoms with Gasteiger partial charge in [-0.05, 0) is 43.2 Å². The van der Waals surface area contributed by atoms with Crippen molar-refractivity contribution in [2.75, 3.05) is 5.32 Å². The van der Waals surface area contributed by atoms with E-state index in [0.29, 0.717) is 11.5 Å². The highest BCUT2D eigenvalue weighted by Gasteiger charge is 2.19. The van der Waals surface area contributed by atoms with E-state index in [9.17, 15) is 13.6 Å². The Bertz CT molecular complexity index is 1050. The van der Waals surface area contributed by atoms with Crippen LogP contribution in [0.25, 0.3) is 11.4 Å². The summed E-state index contributed by atoms with van der Waals surface area (Å²) in [5, 5.41) is 11.2. The fourth-order valence-corrected chi connectivity index (χ4v) is 3.76. The number of hydrogen-bond acceptors (Lipinski definition) is 3. The number of amides is 1. The number of nitrogens with zero attached hydrogens (tertiary/aromatic N) is 3. The van der Waals surface area contributed by atoms with Crippen LogP contribution >= 0.6 is 11.6 Å². The van der Waals surface area contributed by atoms with Gasteiger partial charge in [-0.2, -0.15) is 0 Å². The molecular weight excluding hydrogens is 398 g/mol. The summed E-state index contributed by atoms with van der Waals surface area (Å²) in [5.74, 6) is -0.138. The van der Waals surface area contributed by atoms with Crippen molar-refractivity contribution in [1.29, 1.82) is 0 Å². The second kappa shape index (κ2) is 8.29. The number of aromatic nitrogens is 3. The zero-order valence-electron chi connectivity index (χ0n) is 15.6. The largest absolute Gasteiger partial charge is 0.326 e. The van der Waals surface area contributed by atoms with Gasteiger partial charge in [-0.25, -0.2) is 8.78 Å². The first kappa shape index (κ1) is 19.5. The van der Waals surface area contributed by atoms with E-state index in [2.05, 4.69) is 15.5 Å². The SMILES string of the molecule is O=C(Cc1c(F)cccc1Cl)Nc1ccc(F)c(-c2nnc3n2CCCCC3)c1. The predicted molar refractivity (Wildman–Crippen MR) is 107 cm³/mol. The van der Waals surface area contributed by atoms with Gasteiger partial charge in [0.15, 0.2) is 5.82 Å². The maximum absolute atomic E-state index is 14.5. The Morgan fingerprint density at radius 3 is 2.79 bits per heavy atom. The van der Waals surface area contributed by atoms with Crippen molar-refractivity contribution < 1.29 is 13.6 Å². The Kier molecular flexibility index (Phi) is 5.58. The van der Waals surface area contributed by atoms with E-state index in [0.717, 1.165) is 38.1 Å². The van der Waals surface area contributed by atoms with Crippen molar-refractivity contribution in [2.24, 2.45) is 0 Å². The van der Waals surface area contributed by atoms with Gasteiger partial charge in [-0.1, -0.05) is 24.1 Å². The first-order valence-corrected chi connectivity index (χ1v) is 9.85. The Morgan fingerprint density at radius 2 is 1.97 bits per heavy atom. The summed E-state index contributed by atoms with van der Waals surface area (Å²) in [6.07, 6.45) is 3.71. The third-order valence-electron chi connectivity index (χ3n) is 5.00. The van der Waals surface area contributed by atoms with E-state index in [-0.39, 0.29) is 22.6 Å². The number of halogens is 3. The highest BCUT2D eigenvalue weighted by Crippen LogP contribution is 2.28. The second-order valence-corrected chi connectivity index (χ2v) is 7.43. The van der Waals surface area contributed by atoms with Crippen LogP contribution < -0.4 is 5.32 Å². The third-order valence-corrected chi connectivity index (χ3v) is 5.35. The van der Waals surface area contributed by atoms with Crippen LogP contribution in [-0.2, 0) is 24.2 Å². The molecule has 0 bridgehead atoms. The molecule has 150 valence electrons. The minimum Gasteiger partial charge on any atom is -0.326 e. The van der Waals surface area contributed by atoms with E-state index < -0.39 is 17.5 Å². The van der Waals surface area contributed by atoms with Crippen molar-refractivity contribution in [1.82, 2.24) is 14.8 Å². The molecule has 1 aliphatic rings. The lowest BCUT2D eigenvalue weighted by Crippen LogP contribution is -2.15. The molecule has 1 aromatic heterocycles. The molecular formula is C21H19ClF2N4O. The van der Waals surface area contributed by atoms with Crippen LogP contribution in [0.4, 0.5) is 14.5 Å². The summed E-state index contributed by atoms with van der Waals surface area (Å²) in [7, 11) is 0. The number of carbonyl (C=O) groups excluding carboxylic acids is 1. The van der Waals surface area contributed by atoms with Crippen molar-refractivity contribution in [3.63, 3.8) is 0 Å². The fraction of sp³-hybridized carbons (Fsp3) is 0.286. The van der Waals surface area contributed by atoms with Crippen molar-refractivity contribution in [2.45, 2.75) is 38.6 Å². The number of rotatable bonds is 4. The third kappa shape index (κ3) is 4.15. The van der Waals surface area contributed by atoms with Gasteiger partial charge in [0.05, 0.1) is 12.0 Å². The number of hydrogen-bond donors (Lipinski definition) is 1. The van der Waals surface area contributed by atoms with Crippen LogP contribution in [-0.4, -0.2) is 20.7 Å². The van der Waals surface area contributed by atoms with Gasteiger partial charge in [0, 0.05) is 29.2 Å². The zero-order chi connectivity index (χ0) is 20.4. The molecule has 1 aliphatic heterocycles. The molecule has 8 heteroatoms. The lowest BCUT2D eigenvalue weighted by molar-refractivity contribution is -0.115. The molecule has 0 saturated carbocycles. The van der Waals surface area contributed by atoms with Gasteiger partial charge >= 0.3 is 0 Å². The maximum atomic E-state index is 14.5. The predicted octanol–water partition coefficient (Wildman–Crippen LogP) is 4.78. The van der Waals surface area contributed by atoms with Crippen molar-refractivity contribution >= 4 is 23.2 Å².